The number of aryl methyl sites for hydroxylation is 1. The van der Waals surface area contributed by atoms with Crippen LogP contribution in [0.5, 0.6) is 11.5 Å². The first-order chi connectivity index (χ1) is 12.0. The molecule has 0 saturated carbocycles. The summed E-state index contributed by atoms with van der Waals surface area (Å²) in [5.41, 5.74) is 0.419. The van der Waals surface area contributed by atoms with Crippen LogP contribution < -0.4 is 10.1 Å². The van der Waals surface area contributed by atoms with Crippen molar-refractivity contribution in [2.75, 3.05) is 25.0 Å². The normalized spacial score (nSPS) is 19.7. The number of carbonyl (C=O) groups excluding carboxylic acids is 1. The molecule has 1 atom stereocenters. The Morgan fingerprint density at radius 2 is 2.08 bits per heavy atom. The van der Waals surface area contributed by atoms with E-state index in [1.54, 1.807) is 12.1 Å². The number of rotatable bonds is 4. The minimum Gasteiger partial charge on any atom is -0.455 e. The molecule has 0 spiro atoms. The lowest BCUT2D eigenvalue weighted by molar-refractivity contribution is -0.00246. The quantitative estimate of drug-likeness (QED) is 0.798. The molecule has 6 heteroatoms. The Bertz CT molecular complexity index is 765. The molecule has 1 fully saturated rings. The largest absolute Gasteiger partial charge is 0.455 e. The number of aliphatic hydroxyl groups is 2. The van der Waals surface area contributed by atoms with Crippen molar-refractivity contribution in [3.8, 4) is 11.5 Å². The minimum absolute atomic E-state index is 0.107. The van der Waals surface area contributed by atoms with Gasteiger partial charge in [-0.25, -0.2) is 4.79 Å². The van der Waals surface area contributed by atoms with E-state index in [2.05, 4.69) is 5.32 Å². The number of urea groups is 1. The van der Waals surface area contributed by atoms with Crippen LogP contribution in [-0.2, 0) is 0 Å². The van der Waals surface area contributed by atoms with Crippen LogP contribution in [-0.4, -0.2) is 46.4 Å². The van der Waals surface area contributed by atoms with Gasteiger partial charge in [-0.3, -0.25) is 0 Å². The van der Waals surface area contributed by atoms with Crippen molar-refractivity contribution in [2.45, 2.75) is 18.9 Å². The van der Waals surface area contributed by atoms with Gasteiger partial charge < -0.3 is 25.2 Å². The fourth-order valence-corrected chi connectivity index (χ4v) is 2.82. The molecule has 3 rings (SSSR count). The Balaban J connectivity index is 1.72. The maximum absolute atomic E-state index is 12.4. The van der Waals surface area contributed by atoms with Gasteiger partial charge in [-0.05, 0) is 43.2 Å². The summed E-state index contributed by atoms with van der Waals surface area (Å²) >= 11 is 0. The van der Waals surface area contributed by atoms with E-state index in [1.165, 1.54) is 4.90 Å². The molecule has 25 heavy (non-hydrogen) atoms. The van der Waals surface area contributed by atoms with E-state index in [0.29, 0.717) is 30.2 Å². The van der Waals surface area contributed by atoms with Gasteiger partial charge in [0.05, 0.1) is 18.8 Å². The number of amides is 2. The Morgan fingerprint density at radius 3 is 2.80 bits per heavy atom. The van der Waals surface area contributed by atoms with Gasteiger partial charge in [0.25, 0.3) is 0 Å². The lowest BCUT2D eigenvalue weighted by atomic mass is 10.1. The van der Waals surface area contributed by atoms with E-state index in [1.807, 2.05) is 43.3 Å². The SMILES string of the molecule is Cc1cccc(Oc2ccccc2NC(=O)N2CC[C@](O)(CO)C2)c1. The number of aliphatic hydroxyl groups excluding tert-OH is 1. The zero-order valence-corrected chi connectivity index (χ0v) is 14.1. The molecule has 0 aliphatic carbocycles. The monoisotopic (exact) mass is 342 g/mol. The van der Waals surface area contributed by atoms with Crippen LogP contribution in [0.25, 0.3) is 0 Å². The molecule has 2 amide bonds. The highest BCUT2D eigenvalue weighted by molar-refractivity contribution is 5.91. The number of likely N-dealkylation sites (tertiary alicyclic amines) is 1. The first kappa shape index (κ1) is 17.3. The molecular weight excluding hydrogens is 320 g/mol. The number of carbonyl (C=O) groups is 1. The maximum atomic E-state index is 12.4. The predicted octanol–water partition coefficient (Wildman–Crippen LogP) is 2.75. The van der Waals surface area contributed by atoms with Gasteiger partial charge in [0.2, 0.25) is 0 Å². The summed E-state index contributed by atoms with van der Waals surface area (Å²) in [4.78, 5) is 13.9. The summed E-state index contributed by atoms with van der Waals surface area (Å²) in [5, 5.41) is 22.1. The molecule has 2 aromatic carbocycles. The van der Waals surface area contributed by atoms with Gasteiger partial charge in [0.15, 0.2) is 5.75 Å². The van der Waals surface area contributed by atoms with Crippen LogP contribution in [0.3, 0.4) is 0 Å². The molecule has 0 bridgehead atoms. The molecule has 1 aliphatic heterocycles. The fourth-order valence-electron chi connectivity index (χ4n) is 2.82. The zero-order chi connectivity index (χ0) is 17.9. The number of ether oxygens (including phenoxy) is 1. The van der Waals surface area contributed by atoms with E-state index in [-0.39, 0.29) is 19.2 Å². The summed E-state index contributed by atoms with van der Waals surface area (Å²) in [7, 11) is 0. The molecule has 3 N–H and O–H groups in total. The van der Waals surface area contributed by atoms with E-state index in [0.717, 1.165) is 5.56 Å². The second-order valence-corrected chi connectivity index (χ2v) is 6.40. The average Bonchev–Trinajstić information content (AvgIpc) is 3.00. The lowest BCUT2D eigenvalue weighted by Crippen LogP contribution is -2.40. The fraction of sp³-hybridized carbons (Fsp3) is 0.316. The summed E-state index contributed by atoms with van der Waals surface area (Å²) in [5.74, 6) is 1.23. The summed E-state index contributed by atoms with van der Waals surface area (Å²) < 4.78 is 5.89. The highest BCUT2D eigenvalue weighted by Gasteiger charge is 2.37. The zero-order valence-electron chi connectivity index (χ0n) is 14.1. The third-order valence-corrected chi connectivity index (χ3v) is 4.26. The standard InChI is InChI=1S/C19H22N2O4/c1-14-5-4-6-15(11-14)25-17-8-3-2-7-16(17)20-18(23)21-10-9-19(24,12-21)13-22/h2-8,11,22,24H,9-10,12-13H2,1H3,(H,20,23)/t19-/m1/s1. The second-order valence-electron chi connectivity index (χ2n) is 6.40. The first-order valence-corrected chi connectivity index (χ1v) is 8.22. The molecule has 1 saturated heterocycles. The van der Waals surface area contributed by atoms with Gasteiger partial charge in [-0.1, -0.05) is 24.3 Å². The number of nitrogens with one attached hydrogen (secondary N) is 1. The Kier molecular flexibility index (Phi) is 4.92. The smallest absolute Gasteiger partial charge is 0.322 e. The molecule has 0 radical (unpaired) electrons. The summed E-state index contributed by atoms with van der Waals surface area (Å²) in [6, 6.07) is 14.5. The molecule has 1 aliphatic rings. The molecule has 6 nitrogen and oxygen atoms in total. The van der Waals surface area contributed by atoms with Crippen molar-refractivity contribution in [2.24, 2.45) is 0 Å². The highest BCUT2D eigenvalue weighted by Crippen LogP contribution is 2.30. The van der Waals surface area contributed by atoms with Crippen molar-refractivity contribution in [1.29, 1.82) is 0 Å². The molecule has 2 aromatic rings. The first-order valence-electron chi connectivity index (χ1n) is 8.22. The van der Waals surface area contributed by atoms with Crippen LogP contribution in [0, 0.1) is 6.92 Å². The molecule has 132 valence electrons. The Labute approximate surface area is 146 Å². The van der Waals surface area contributed by atoms with Crippen LogP contribution in [0.15, 0.2) is 48.5 Å². The Morgan fingerprint density at radius 1 is 1.28 bits per heavy atom. The average molecular weight is 342 g/mol. The number of hydrogen-bond acceptors (Lipinski definition) is 4. The number of anilines is 1. The number of para-hydroxylation sites is 2. The lowest BCUT2D eigenvalue weighted by Gasteiger charge is -2.21. The Hall–Kier alpha value is -2.57. The van der Waals surface area contributed by atoms with Crippen LogP contribution in [0.1, 0.15) is 12.0 Å². The summed E-state index contributed by atoms with van der Waals surface area (Å²) in [6.45, 7) is 2.13. The highest BCUT2D eigenvalue weighted by atomic mass is 16.5. The van der Waals surface area contributed by atoms with Gasteiger partial charge in [0.1, 0.15) is 11.4 Å². The van der Waals surface area contributed by atoms with Crippen molar-refractivity contribution in [3.63, 3.8) is 0 Å². The molecule has 1 heterocycles. The topological polar surface area (TPSA) is 82.0 Å². The number of hydrogen-bond donors (Lipinski definition) is 3. The molecule has 0 aromatic heterocycles. The molecule has 0 unspecified atom stereocenters. The second kappa shape index (κ2) is 7.13. The van der Waals surface area contributed by atoms with E-state index in [4.69, 9.17) is 4.74 Å². The van der Waals surface area contributed by atoms with Crippen molar-refractivity contribution in [1.82, 2.24) is 4.90 Å². The van der Waals surface area contributed by atoms with Crippen LogP contribution in [0.4, 0.5) is 10.5 Å². The number of β-amino-alcohol motifs (C(OH)–C–C–N with tert-alkyl or cyclic N) is 1. The van der Waals surface area contributed by atoms with Gasteiger partial charge in [0, 0.05) is 6.54 Å². The minimum atomic E-state index is -1.21. The van der Waals surface area contributed by atoms with E-state index >= 15 is 0 Å². The molecular formula is C19H22N2O4. The van der Waals surface area contributed by atoms with Gasteiger partial charge in [-0.2, -0.15) is 0 Å². The van der Waals surface area contributed by atoms with E-state index < -0.39 is 5.60 Å². The van der Waals surface area contributed by atoms with Crippen molar-refractivity contribution in [3.05, 3.63) is 54.1 Å². The number of benzene rings is 2. The van der Waals surface area contributed by atoms with Crippen molar-refractivity contribution >= 4 is 11.7 Å². The van der Waals surface area contributed by atoms with Crippen LogP contribution >= 0.6 is 0 Å². The predicted molar refractivity (Wildman–Crippen MR) is 94.9 cm³/mol. The van der Waals surface area contributed by atoms with Crippen LogP contribution in [0.2, 0.25) is 0 Å². The number of nitrogens with zero attached hydrogens (tertiary/aromatic N) is 1. The van der Waals surface area contributed by atoms with Gasteiger partial charge >= 0.3 is 6.03 Å². The van der Waals surface area contributed by atoms with Crippen molar-refractivity contribution < 1.29 is 19.7 Å². The third kappa shape index (κ3) is 4.10. The summed E-state index contributed by atoms with van der Waals surface area (Å²) in [6.07, 6.45) is 0.359. The maximum Gasteiger partial charge on any atom is 0.322 e. The third-order valence-electron chi connectivity index (χ3n) is 4.26. The van der Waals surface area contributed by atoms with Gasteiger partial charge in [-0.15, -0.1) is 0 Å². The van der Waals surface area contributed by atoms with E-state index in [9.17, 15) is 15.0 Å².